The minimum atomic E-state index is -0.0918. The molecule has 5 nitrogen and oxygen atoms in total. The van der Waals surface area contributed by atoms with Gasteiger partial charge in [-0.15, -0.1) is 0 Å². The maximum absolute atomic E-state index is 12.7. The molecule has 0 atom stereocenters. The minimum Gasteiger partial charge on any atom is -0.354 e. The van der Waals surface area contributed by atoms with Crippen LogP contribution in [0.4, 0.5) is 0 Å². The van der Waals surface area contributed by atoms with Crippen molar-refractivity contribution >= 4 is 16.9 Å². The van der Waals surface area contributed by atoms with E-state index in [0.29, 0.717) is 12.5 Å². The van der Waals surface area contributed by atoms with Crippen LogP contribution in [-0.4, -0.2) is 21.6 Å². The molecule has 0 unspecified atom stereocenters. The smallest absolute Gasteiger partial charge is 0.329 e. The van der Waals surface area contributed by atoms with Gasteiger partial charge < -0.3 is 5.32 Å². The van der Waals surface area contributed by atoms with Crippen LogP contribution in [0, 0.1) is 5.92 Å². The van der Waals surface area contributed by atoms with Crippen LogP contribution >= 0.6 is 0 Å². The Kier molecular flexibility index (Phi) is 5.38. The molecule has 1 fully saturated rings. The van der Waals surface area contributed by atoms with E-state index in [9.17, 15) is 9.59 Å². The fourth-order valence-electron chi connectivity index (χ4n) is 3.71. The summed E-state index contributed by atoms with van der Waals surface area (Å²) in [7, 11) is 0. The van der Waals surface area contributed by atoms with Gasteiger partial charge in [0.1, 0.15) is 6.54 Å². The highest BCUT2D eigenvalue weighted by atomic mass is 16.2. The number of hydrogen-bond donors (Lipinski definition) is 1. The molecular formula is C19H27N3O2. The lowest BCUT2D eigenvalue weighted by molar-refractivity contribution is -0.121. The van der Waals surface area contributed by atoms with Gasteiger partial charge in [0.05, 0.1) is 11.0 Å². The normalized spacial score (nSPS) is 15.7. The van der Waals surface area contributed by atoms with Gasteiger partial charge in [-0.3, -0.25) is 13.9 Å². The lowest BCUT2D eigenvalue weighted by Gasteiger charge is -2.21. The lowest BCUT2D eigenvalue weighted by Crippen LogP contribution is -2.36. The maximum atomic E-state index is 12.7. The van der Waals surface area contributed by atoms with E-state index < -0.39 is 0 Å². The van der Waals surface area contributed by atoms with Crippen molar-refractivity contribution < 1.29 is 4.79 Å². The molecule has 1 heterocycles. The second-order valence-corrected chi connectivity index (χ2v) is 6.82. The lowest BCUT2D eigenvalue weighted by atomic mass is 9.89. The predicted molar refractivity (Wildman–Crippen MR) is 96.1 cm³/mol. The minimum absolute atomic E-state index is 0.0675. The standard InChI is InChI=1S/C19H27N3O2/c1-2-12-21-16-10-6-7-11-17(16)22(19(21)24)14-18(23)20-13-15-8-4-3-5-9-15/h6-7,10-11,15H,2-5,8-9,12-14H2,1H3,(H,20,23). The second kappa shape index (κ2) is 7.69. The zero-order valence-electron chi connectivity index (χ0n) is 14.5. The van der Waals surface area contributed by atoms with E-state index in [-0.39, 0.29) is 18.1 Å². The first-order valence-corrected chi connectivity index (χ1v) is 9.15. The molecule has 3 rings (SSSR count). The van der Waals surface area contributed by atoms with Crippen molar-refractivity contribution in [3.8, 4) is 0 Å². The van der Waals surface area contributed by atoms with Crippen molar-refractivity contribution in [2.45, 2.75) is 58.5 Å². The Balaban J connectivity index is 1.73. The number of imidazole rings is 1. The van der Waals surface area contributed by atoms with E-state index in [4.69, 9.17) is 0 Å². The zero-order valence-corrected chi connectivity index (χ0v) is 14.5. The van der Waals surface area contributed by atoms with Crippen LogP contribution in [0.3, 0.4) is 0 Å². The molecule has 0 aliphatic heterocycles. The van der Waals surface area contributed by atoms with E-state index >= 15 is 0 Å². The van der Waals surface area contributed by atoms with Crippen molar-refractivity contribution in [3.05, 3.63) is 34.7 Å². The molecule has 0 saturated heterocycles. The summed E-state index contributed by atoms with van der Waals surface area (Å²) in [5.74, 6) is 0.530. The van der Waals surface area contributed by atoms with E-state index in [1.807, 2.05) is 24.3 Å². The van der Waals surface area contributed by atoms with Crippen LogP contribution in [0.5, 0.6) is 0 Å². The highest BCUT2D eigenvalue weighted by Crippen LogP contribution is 2.22. The summed E-state index contributed by atoms with van der Waals surface area (Å²) >= 11 is 0. The number of hydrogen-bond acceptors (Lipinski definition) is 2. The summed E-state index contributed by atoms with van der Waals surface area (Å²) in [6.45, 7) is 3.56. The van der Waals surface area contributed by atoms with Crippen LogP contribution in [0.25, 0.3) is 11.0 Å². The molecule has 0 spiro atoms. The highest BCUT2D eigenvalue weighted by molar-refractivity contribution is 5.80. The number of nitrogens with zero attached hydrogens (tertiary/aromatic N) is 2. The third-order valence-electron chi connectivity index (χ3n) is 4.99. The summed E-state index contributed by atoms with van der Waals surface area (Å²) in [6.07, 6.45) is 7.15. The SMILES string of the molecule is CCCn1c(=O)n(CC(=O)NCC2CCCCC2)c2ccccc21. The van der Waals surface area contributed by atoms with Crippen molar-refractivity contribution in [2.24, 2.45) is 5.92 Å². The number of benzene rings is 1. The molecule has 1 saturated carbocycles. The third kappa shape index (κ3) is 3.55. The molecule has 0 radical (unpaired) electrons. The van der Waals surface area contributed by atoms with Crippen LogP contribution < -0.4 is 11.0 Å². The summed E-state index contributed by atoms with van der Waals surface area (Å²) in [5.41, 5.74) is 1.65. The number of fused-ring (bicyclic) bond motifs is 1. The van der Waals surface area contributed by atoms with Crippen molar-refractivity contribution in [1.29, 1.82) is 0 Å². The van der Waals surface area contributed by atoms with Crippen LogP contribution in [0.15, 0.2) is 29.1 Å². The van der Waals surface area contributed by atoms with Gasteiger partial charge in [0.15, 0.2) is 0 Å². The molecule has 1 N–H and O–H groups in total. The molecule has 1 amide bonds. The van der Waals surface area contributed by atoms with Gasteiger partial charge >= 0.3 is 5.69 Å². The first-order chi connectivity index (χ1) is 11.7. The first kappa shape index (κ1) is 16.8. The third-order valence-corrected chi connectivity index (χ3v) is 4.99. The van der Waals surface area contributed by atoms with Gasteiger partial charge in [-0.05, 0) is 37.3 Å². The molecule has 2 aromatic rings. The van der Waals surface area contributed by atoms with Gasteiger partial charge in [0, 0.05) is 13.1 Å². The predicted octanol–water partition coefficient (Wildman–Crippen LogP) is 2.91. The Morgan fingerprint density at radius 1 is 1.12 bits per heavy atom. The molecule has 0 bridgehead atoms. The van der Waals surface area contributed by atoms with E-state index in [0.717, 1.165) is 24.0 Å². The average molecular weight is 329 g/mol. The Labute approximate surface area is 142 Å². The number of rotatable bonds is 6. The zero-order chi connectivity index (χ0) is 16.9. The molecule has 1 aromatic heterocycles. The van der Waals surface area contributed by atoms with Gasteiger partial charge in [-0.1, -0.05) is 38.3 Å². The maximum Gasteiger partial charge on any atom is 0.329 e. The van der Waals surface area contributed by atoms with E-state index in [1.54, 1.807) is 9.13 Å². The molecule has 1 aromatic carbocycles. The second-order valence-electron chi connectivity index (χ2n) is 6.82. The molecule has 130 valence electrons. The topological polar surface area (TPSA) is 56.0 Å². The summed E-state index contributed by atoms with van der Waals surface area (Å²) in [4.78, 5) is 25.0. The Morgan fingerprint density at radius 3 is 2.46 bits per heavy atom. The van der Waals surface area contributed by atoms with Gasteiger partial charge in [-0.25, -0.2) is 4.79 Å². The number of aromatic nitrogens is 2. The molecular weight excluding hydrogens is 302 g/mol. The van der Waals surface area contributed by atoms with Gasteiger partial charge in [-0.2, -0.15) is 0 Å². The number of amides is 1. The Hall–Kier alpha value is -2.04. The number of carbonyl (C=O) groups is 1. The molecule has 1 aliphatic rings. The van der Waals surface area contributed by atoms with Gasteiger partial charge in [0.25, 0.3) is 0 Å². The van der Waals surface area contributed by atoms with Crippen molar-refractivity contribution in [3.63, 3.8) is 0 Å². The number of aryl methyl sites for hydroxylation is 1. The van der Waals surface area contributed by atoms with E-state index in [1.165, 1.54) is 32.1 Å². The van der Waals surface area contributed by atoms with Crippen molar-refractivity contribution in [1.82, 2.24) is 14.5 Å². The van der Waals surface area contributed by atoms with Crippen LogP contribution in [0.1, 0.15) is 45.4 Å². The van der Waals surface area contributed by atoms with Crippen LogP contribution in [0.2, 0.25) is 0 Å². The molecule has 5 heteroatoms. The Morgan fingerprint density at radius 2 is 1.79 bits per heavy atom. The summed E-state index contributed by atoms with van der Waals surface area (Å²) in [5, 5.41) is 3.03. The van der Waals surface area contributed by atoms with Crippen molar-refractivity contribution in [2.75, 3.05) is 6.54 Å². The summed E-state index contributed by atoms with van der Waals surface area (Å²) < 4.78 is 3.37. The van der Waals surface area contributed by atoms with Crippen LogP contribution in [-0.2, 0) is 17.9 Å². The molecule has 1 aliphatic carbocycles. The number of carbonyl (C=O) groups excluding carboxylic acids is 1. The summed E-state index contributed by atoms with van der Waals surface area (Å²) in [6, 6.07) is 7.70. The number of nitrogens with one attached hydrogen (secondary N) is 1. The fourth-order valence-corrected chi connectivity index (χ4v) is 3.71. The monoisotopic (exact) mass is 329 g/mol. The molecule has 24 heavy (non-hydrogen) atoms. The quantitative estimate of drug-likeness (QED) is 0.886. The first-order valence-electron chi connectivity index (χ1n) is 9.15. The fraction of sp³-hybridized carbons (Fsp3) is 0.579. The Bertz CT molecular complexity index is 754. The number of para-hydroxylation sites is 2. The average Bonchev–Trinajstić information content (AvgIpc) is 2.87. The highest BCUT2D eigenvalue weighted by Gasteiger charge is 2.17. The van der Waals surface area contributed by atoms with Gasteiger partial charge in [0.2, 0.25) is 5.91 Å². The van der Waals surface area contributed by atoms with E-state index in [2.05, 4.69) is 12.2 Å². The largest absolute Gasteiger partial charge is 0.354 e.